The molecule has 4 heteroatoms. The summed E-state index contributed by atoms with van der Waals surface area (Å²) in [6.07, 6.45) is 1.57. The molecule has 0 saturated carbocycles. The molecule has 4 N–H and O–H groups in total. The standard InChI is InChI=1S/C11H11N3O/c12-6-7-1-2-9-8(5-7)3-4-14-10(9)11(13)15/h1-5H,6,12H2,(H2,13,15). The summed E-state index contributed by atoms with van der Waals surface area (Å²) < 4.78 is 0. The molecular formula is C11H11N3O. The molecule has 2 rings (SSSR count). The van der Waals surface area contributed by atoms with Crippen molar-refractivity contribution in [2.75, 3.05) is 0 Å². The lowest BCUT2D eigenvalue weighted by molar-refractivity contribution is 0.0997. The Bertz CT molecular complexity index is 522. The van der Waals surface area contributed by atoms with E-state index in [4.69, 9.17) is 11.5 Å². The maximum absolute atomic E-state index is 11.1. The summed E-state index contributed by atoms with van der Waals surface area (Å²) >= 11 is 0. The number of aromatic nitrogens is 1. The lowest BCUT2D eigenvalue weighted by Crippen LogP contribution is -2.13. The minimum Gasteiger partial charge on any atom is -0.364 e. The van der Waals surface area contributed by atoms with Crippen molar-refractivity contribution in [2.45, 2.75) is 6.54 Å². The van der Waals surface area contributed by atoms with Crippen LogP contribution in [0.4, 0.5) is 0 Å². The van der Waals surface area contributed by atoms with E-state index in [0.29, 0.717) is 12.2 Å². The quantitative estimate of drug-likeness (QED) is 0.753. The molecule has 0 fully saturated rings. The predicted octanol–water partition coefficient (Wildman–Crippen LogP) is 0.792. The molecule has 0 aliphatic heterocycles. The van der Waals surface area contributed by atoms with Crippen LogP contribution in [0, 0.1) is 0 Å². The zero-order valence-electron chi connectivity index (χ0n) is 8.10. The largest absolute Gasteiger partial charge is 0.364 e. The highest BCUT2D eigenvalue weighted by Gasteiger charge is 2.07. The first-order valence-electron chi connectivity index (χ1n) is 4.60. The fourth-order valence-corrected chi connectivity index (χ4v) is 1.55. The number of benzene rings is 1. The highest BCUT2D eigenvalue weighted by atomic mass is 16.1. The number of rotatable bonds is 2. The smallest absolute Gasteiger partial charge is 0.267 e. The highest BCUT2D eigenvalue weighted by Crippen LogP contribution is 2.18. The van der Waals surface area contributed by atoms with Crippen LogP contribution in [0.3, 0.4) is 0 Å². The van der Waals surface area contributed by atoms with Crippen LogP contribution in [0.25, 0.3) is 10.8 Å². The van der Waals surface area contributed by atoms with E-state index in [1.807, 2.05) is 24.3 Å². The average molecular weight is 201 g/mol. The van der Waals surface area contributed by atoms with Gasteiger partial charge < -0.3 is 11.5 Å². The van der Waals surface area contributed by atoms with Gasteiger partial charge in [0.2, 0.25) is 0 Å². The van der Waals surface area contributed by atoms with E-state index in [1.54, 1.807) is 6.20 Å². The number of carbonyl (C=O) groups excluding carboxylic acids is 1. The van der Waals surface area contributed by atoms with Gasteiger partial charge in [0.25, 0.3) is 5.91 Å². The molecule has 0 aliphatic carbocycles. The second-order valence-electron chi connectivity index (χ2n) is 3.28. The molecule has 0 aliphatic rings. The van der Waals surface area contributed by atoms with Crippen LogP contribution in [-0.4, -0.2) is 10.9 Å². The molecule has 1 aromatic carbocycles. The molecule has 76 valence electrons. The Kier molecular flexibility index (Phi) is 2.35. The van der Waals surface area contributed by atoms with Crippen LogP contribution in [0.1, 0.15) is 16.1 Å². The third kappa shape index (κ3) is 1.67. The van der Waals surface area contributed by atoms with Gasteiger partial charge in [0, 0.05) is 18.1 Å². The Hall–Kier alpha value is -1.94. The highest BCUT2D eigenvalue weighted by molar-refractivity contribution is 6.04. The minimum absolute atomic E-state index is 0.302. The Morgan fingerprint density at radius 3 is 2.80 bits per heavy atom. The van der Waals surface area contributed by atoms with E-state index in [-0.39, 0.29) is 0 Å². The van der Waals surface area contributed by atoms with Gasteiger partial charge in [-0.05, 0) is 23.1 Å². The second-order valence-corrected chi connectivity index (χ2v) is 3.28. The summed E-state index contributed by atoms with van der Waals surface area (Å²) in [6, 6.07) is 7.46. The van der Waals surface area contributed by atoms with Crippen LogP contribution in [-0.2, 0) is 6.54 Å². The number of hydrogen-bond acceptors (Lipinski definition) is 3. The molecule has 0 spiro atoms. The first kappa shape index (κ1) is 9.61. The van der Waals surface area contributed by atoms with Crippen LogP contribution < -0.4 is 11.5 Å². The number of carbonyl (C=O) groups is 1. The summed E-state index contributed by atoms with van der Waals surface area (Å²) in [6.45, 7) is 0.476. The fraction of sp³-hybridized carbons (Fsp3) is 0.0909. The van der Waals surface area contributed by atoms with E-state index in [0.717, 1.165) is 16.3 Å². The Morgan fingerprint density at radius 2 is 2.13 bits per heavy atom. The summed E-state index contributed by atoms with van der Waals surface area (Å²) in [5, 5.41) is 1.70. The second kappa shape index (κ2) is 3.67. The van der Waals surface area contributed by atoms with E-state index in [2.05, 4.69) is 4.98 Å². The Labute approximate surface area is 86.9 Å². The lowest BCUT2D eigenvalue weighted by Gasteiger charge is -2.03. The van der Waals surface area contributed by atoms with E-state index in [1.165, 1.54) is 0 Å². The first-order chi connectivity index (χ1) is 7.22. The van der Waals surface area contributed by atoms with Crippen molar-refractivity contribution in [3.05, 3.63) is 41.7 Å². The van der Waals surface area contributed by atoms with Crippen LogP contribution in [0.15, 0.2) is 30.5 Å². The van der Waals surface area contributed by atoms with Crippen molar-refractivity contribution in [1.82, 2.24) is 4.98 Å². The molecule has 0 bridgehead atoms. The number of nitrogens with zero attached hydrogens (tertiary/aromatic N) is 1. The Balaban J connectivity index is 2.72. The normalized spacial score (nSPS) is 10.5. The van der Waals surface area contributed by atoms with Gasteiger partial charge in [0.05, 0.1) is 0 Å². The number of pyridine rings is 1. The topological polar surface area (TPSA) is 82.0 Å². The number of nitrogens with two attached hydrogens (primary N) is 2. The summed E-state index contributed by atoms with van der Waals surface area (Å²) in [7, 11) is 0. The van der Waals surface area contributed by atoms with Gasteiger partial charge in [-0.2, -0.15) is 0 Å². The monoisotopic (exact) mass is 201 g/mol. The van der Waals surface area contributed by atoms with Gasteiger partial charge >= 0.3 is 0 Å². The molecule has 1 heterocycles. The van der Waals surface area contributed by atoms with Gasteiger partial charge in [0.15, 0.2) is 0 Å². The molecule has 15 heavy (non-hydrogen) atoms. The summed E-state index contributed by atoms with van der Waals surface area (Å²) in [5.74, 6) is -0.513. The van der Waals surface area contributed by atoms with Crippen molar-refractivity contribution in [3.63, 3.8) is 0 Å². The number of fused-ring (bicyclic) bond motifs is 1. The van der Waals surface area contributed by atoms with Crippen molar-refractivity contribution in [2.24, 2.45) is 11.5 Å². The van der Waals surface area contributed by atoms with Crippen LogP contribution in [0.2, 0.25) is 0 Å². The average Bonchev–Trinajstić information content (AvgIpc) is 2.27. The lowest BCUT2D eigenvalue weighted by atomic mass is 10.1. The molecule has 0 atom stereocenters. The molecule has 4 nitrogen and oxygen atoms in total. The summed E-state index contributed by atoms with van der Waals surface area (Å²) in [5.41, 5.74) is 12.1. The molecule has 1 amide bonds. The fourth-order valence-electron chi connectivity index (χ4n) is 1.55. The van der Waals surface area contributed by atoms with Gasteiger partial charge in [-0.25, -0.2) is 0 Å². The number of primary amides is 1. The van der Waals surface area contributed by atoms with Crippen LogP contribution in [0.5, 0.6) is 0 Å². The van der Waals surface area contributed by atoms with E-state index < -0.39 is 5.91 Å². The molecular weight excluding hydrogens is 190 g/mol. The van der Waals surface area contributed by atoms with E-state index >= 15 is 0 Å². The van der Waals surface area contributed by atoms with Gasteiger partial charge in [-0.1, -0.05) is 12.1 Å². The minimum atomic E-state index is -0.513. The summed E-state index contributed by atoms with van der Waals surface area (Å²) in [4.78, 5) is 15.1. The predicted molar refractivity (Wildman–Crippen MR) is 58.2 cm³/mol. The van der Waals surface area contributed by atoms with Crippen molar-refractivity contribution < 1.29 is 4.79 Å². The van der Waals surface area contributed by atoms with Crippen molar-refractivity contribution in [1.29, 1.82) is 0 Å². The molecule has 0 unspecified atom stereocenters. The third-order valence-electron chi connectivity index (χ3n) is 2.30. The van der Waals surface area contributed by atoms with Crippen molar-refractivity contribution in [3.8, 4) is 0 Å². The van der Waals surface area contributed by atoms with Crippen LogP contribution >= 0.6 is 0 Å². The van der Waals surface area contributed by atoms with Gasteiger partial charge in [-0.3, -0.25) is 9.78 Å². The molecule has 2 aromatic rings. The van der Waals surface area contributed by atoms with Crippen molar-refractivity contribution >= 4 is 16.7 Å². The molecule has 0 radical (unpaired) electrons. The SMILES string of the molecule is NCc1ccc2c(C(N)=O)nccc2c1. The zero-order chi connectivity index (χ0) is 10.8. The first-order valence-corrected chi connectivity index (χ1v) is 4.60. The number of amides is 1. The molecule has 1 aromatic heterocycles. The maximum atomic E-state index is 11.1. The Morgan fingerprint density at radius 1 is 1.33 bits per heavy atom. The third-order valence-corrected chi connectivity index (χ3v) is 2.30. The van der Waals surface area contributed by atoms with E-state index in [9.17, 15) is 4.79 Å². The zero-order valence-corrected chi connectivity index (χ0v) is 8.10. The maximum Gasteiger partial charge on any atom is 0.267 e. The van der Waals surface area contributed by atoms with Gasteiger partial charge in [-0.15, -0.1) is 0 Å². The van der Waals surface area contributed by atoms with Gasteiger partial charge in [0.1, 0.15) is 5.69 Å². The number of hydrogen-bond donors (Lipinski definition) is 2. The molecule has 0 saturated heterocycles.